The molecule has 0 aliphatic heterocycles. The first-order chi connectivity index (χ1) is 9.64. The Kier molecular flexibility index (Phi) is 4.40. The Bertz CT molecular complexity index is 519. The molecule has 1 heterocycles. The van der Waals surface area contributed by atoms with Crippen molar-refractivity contribution >= 4 is 17.4 Å². The molecule has 1 aliphatic carbocycles. The van der Waals surface area contributed by atoms with Crippen LogP contribution < -0.4 is 5.32 Å². The summed E-state index contributed by atoms with van der Waals surface area (Å²) in [6.45, 7) is 6.58. The molecule has 0 spiro atoms. The summed E-state index contributed by atoms with van der Waals surface area (Å²) >= 11 is 5.67. The number of ether oxygens (including phenoxy) is 1. The number of nitrogens with zero attached hydrogens (tertiary/aromatic N) is 1. The van der Waals surface area contributed by atoms with E-state index >= 15 is 0 Å². The van der Waals surface area contributed by atoms with Crippen LogP contribution in [0.5, 0.6) is 0 Å². The van der Waals surface area contributed by atoms with E-state index in [1.807, 2.05) is 20.8 Å². The molecule has 118 valence electrons. The summed E-state index contributed by atoms with van der Waals surface area (Å²) in [7, 11) is 0. The largest absolute Gasteiger partial charge is 0.416 e. The lowest BCUT2D eigenvalue weighted by atomic mass is 9.64. The Morgan fingerprint density at radius 2 is 2.10 bits per heavy atom. The maximum atomic E-state index is 12.8. The van der Waals surface area contributed by atoms with E-state index in [-0.39, 0.29) is 28.5 Å². The summed E-state index contributed by atoms with van der Waals surface area (Å²) in [5.41, 5.74) is -0.971. The fraction of sp³-hybridized carbons (Fsp3) is 0.643. The van der Waals surface area contributed by atoms with Crippen molar-refractivity contribution in [2.75, 3.05) is 11.9 Å². The Hall–Kier alpha value is -1.01. The van der Waals surface area contributed by atoms with Crippen LogP contribution in [0.4, 0.5) is 19.0 Å². The maximum Gasteiger partial charge on any atom is 0.416 e. The van der Waals surface area contributed by atoms with E-state index in [1.165, 1.54) is 0 Å². The number of halogens is 4. The Labute approximate surface area is 126 Å². The summed E-state index contributed by atoms with van der Waals surface area (Å²) in [6.07, 6.45) is -3.61. The van der Waals surface area contributed by atoms with Gasteiger partial charge in [0.1, 0.15) is 11.0 Å². The van der Waals surface area contributed by atoms with Crippen LogP contribution in [0, 0.1) is 5.41 Å². The molecular weight excluding hydrogens is 305 g/mol. The molecule has 0 radical (unpaired) electrons. The fourth-order valence-electron chi connectivity index (χ4n) is 2.53. The summed E-state index contributed by atoms with van der Waals surface area (Å²) in [6, 6.07) is 1.80. The highest BCUT2D eigenvalue weighted by Crippen LogP contribution is 2.44. The molecule has 1 N–H and O–H groups in total. The van der Waals surface area contributed by atoms with Gasteiger partial charge in [-0.1, -0.05) is 25.4 Å². The minimum Gasteiger partial charge on any atom is -0.378 e. The van der Waals surface area contributed by atoms with Crippen LogP contribution in [0.15, 0.2) is 12.1 Å². The van der Waals surface area contributed by atoms with Crippen molar-refractivity contribution < 1.29 is 17.9 Å². The van der Waals surface area contributed by atoms with Gasteiger partial charge in [0.25, 0.3) is 0 Å². The van der Waals surface area contributed by atoms with Crippen molar-refractivity contribution in [3.8, 4) is 0 Å². The van der Waals surface area contributed by atoms with Gasteiger partial charge in [-0.25, -0.2) is 4.98 Å². The second-order valence-corrected chi connectivity index (χ2v) is 6.15. The highest BCUT2D eigenvalue weighted by Gasteiger charge is 2.49. The SMILES string of the molecule is CCOC1CC(Nc2cc(C(F)(F)F)cc(Cl)n2)C1(C)C. The lowest BCUT2D eigenvalue weighted by Crippen LogP contribution is -2.58. The van der Waals surface area contributed by atoms with Gasteiger partial charge in [-0.2, -0.15) is 13.2 Å². The molecule has 21 heavy (non-hydrogen) atoms. The standard InChI is InChI=1S/C14H18ClF3N2O/c1-4-21-10-7-9(13(10,2)3)19-12-6-8(14(16,17)18)5-11(15)20-12/h5-6,9-10H,4,7H2,1-3H3,(H,19,20). The quantitative estimate of drug-likeness (QED) is 0.836. The van der Waals surface area contributed by atoms with Gasteiger partial charge >= 0.3 is 6.18 Å². The van der Waals surface area contributed by atoms with Crippen LogP contribution in [0.2, 0.25) is 5.15 Å². The van der Waals surface area contributed by atoms with Crippen LogP contribution in [0.3, 0.4) is 0 Å². The van der Waals surface area contributed by atoms with E-state index < -0.39 is 11.7 Å². The smallest absolute Gasteiger partial charge is 0.378 e. The number of alkyl halides is 3. The number of aromatic nitrogens is 1. The van der Waals surface area contributed by atoms with E-state index in [0.29, 0.717) is 6.61 Å². The van der Waals surface area contributed by atoms with Crippen molar-refractivity contribution in [3.05, 3.63) is 22.8 Å². The highest BCUT2D eigenvalue weighted by molar-refractivity contribution is 6.29. The number of anilines is 1. The topological polar surface area (TPSA) is 34.1 Å². The fourth-order valence-corrected chi connectivity index (χ4v) is 2.74. The second kappa shape index (κ2) is 5.65. The van der Waals surface area contributed by atoms with Gasteiger partial charge in [0, 0.05) is 18.1 Å². The molecule has 1 aliphatic rings. The summed E-state index contributed by atoms with van der Waals surface area (Å²) in [4.78, 5) is 3.92. The average molecular weight is 323 g/mol. The van der Waals surface area contributed by atoms with Gasteiger partial charge in [0.05, 0.1) is 11.7 Å². The average Bonchev–Trinajstić information content (AvgIpc) is 2.36. The predicted molar refractivity (Wildman–Crippen MR) is 75.5 cm³/mol. The van der Waals surface area contributed by atoms with E-state index in [1.54, 1.807) is 0 Å². The summed E-state index contributed by atoms with van der Waals surface area (Å²) in [5, 5.41) is 2.86. The molecule has 0 saturated heterocycles. The predicted octanol–water partition coefficient (Wildman–Crippen LogP) is 4.37. The number of nitrogens with one attached hydrogen (secondary N) is 1. The van der Waals surface area contributed by atoms with Gasteiger partial charge in [0.2, 0.25) is 0 Å². The molecule has 2 rings (SSSR count). The third-order valence-corrected chi connectivity index (χ3v) is 4.18. The molecule has 0 amide bonds. The van der Waals surface area contributed by atoms with Crippen molar-refractivity contribution in [3.63, 3.8) is 0 Å². The third kappa shape index (κ3) is 3.43. The number of hydrogen-bond acceptors (Lipinski definition) is 3. The molecular formula is C14H18ClF3N2O. The normalized spacial score (nSPS) is 24.5. The third-order valence-electron chi connectivity index (χ3n) is 3.99. The summed E-state index contributed by atoms with van der Waals surface area (Å²) < 4.78 is 43.9. The van der Waals surface area contributed by atoms with Gasteiger partial charge in [-0.05, 0) is 25.5 Å². The van der Waals surface area contributed by atoms with Crippen LogP contribution in [0.25, 0.3) is 0 Å². The Balaban J connectivity index is 2.13. The molecule has 3 nitrogen and oxygen atoms in total. The van der Waals surface area contributed by atoms with Crippen LogP contribution in [0.1, 0.15) is 32.8 Å². The molecule has 7 heteroatoms. The Morgan fingerprint density at radius 1 is 1.43 bits per heavy atom. The van der Waals surface area contributed by atoms with Crippen LogP contribution in [-0.4, -0.2) is 23.7 Å². The molecule has 0 bridgehead atoms. The van der Waals surface area contributed by atoms with E-state index in [2.05, 4.69) is 10.3 Å². The van der Waals surface area contributed by atoms with Gasteiger partial charge in [-0.15, -0.1) is 0 Å². The summed E-state index contributed by atoms with van der Waals surface area (Å²) in [5.74, 6) is 0.142. The van der Waals surface area contributed by atoms with Crippen molar-refractivity contribution in [2.45, 2.75) is 45.5 Å². The highest BCUT2D eigenvalue weighted by atomic mass is 35.5. The lowest BCUT2D eigenvalue weighted by molar-refractivity contribution is -0.137. The molecule has 1 aromatic rings. The number of rotatable bonds is 4. The van der Waals surface area contributed by atoms with Crippen LogP contribution >= 0.6 is 11.6 Å². The second-order valence-electron chi connectivity index (χ2n) is 5.76. The lowest BCUT2D eigenvalue weighted by Gasteiger charge is -2.51. The Morgan fingerprint density at radius 3 is 2.62 bits per heavy atom. The zero-order valence-electron chi connectivity index (χ0n) is 12.1. The van der Waals surface area contributed by atoms with Crippen molar-refractivity contribution in [1.29, 1.82) is 0 Å². The molecule has 0 aromatic carbocycles. The van der Waals surface area contributed by atoms with Gasteiger partial charge in [0.15, 0.2) is 0 Å². The minimum atomic E-state index is -4.44. The maximum absolute atomic E-state index is 12.8. The first-order valence-electron chi connectivity index (χ1n) is 6.77. The van der Waals surface area contributed by atoms with Gasteiger partial charge in [-0.3, -0.25) is 0 Å². The molecule has 1 aromatic heterocycles. The molecule has 1 fully saturated rings. The monoisotopic (exact) mass is 322 g/mol. The number of hydrogen-bond donors (Lipinski definition) is 1. The van der Waals surface area contributed by atoms with E-state index in [0.717, 1.165) is 18.6 Å². The minimum absolute atomic E-state index is 0.00102. The van der Waals surface area contributed by atoms with Crippen molar-refractivity contribution in [2.24, 2.45) is 5.41 Å². The first kappa shape index (κ1) is 16.4. The van der Waals surface area contributed by atoms with Crippen LogP contribution in [-0.2, 0) is 10.9 Å². The van der Waals surface area contributed by atoms with E-state index in [4.69, 9.17) is 16.3 Å². The van der Waals surface area contributed by atoms with E-state index in [9.17, 15) is 13.2 Å². The molecule has 2 atom stereocenters. The molecule has 1 saturated carbocycles. The zero-order valence-corrected chi connectivity index (χ0v) is 12.8. The van der Waals surface area contributed by atoms with Crippen molar-refractivity contribution in [1.82, 2.24) is 4.98 Å². The zero-order chi connectivity index (χ0) is 15.8. The van der Waals surface area contributed by atoms with Gasteiger partial charge < -0.3 is 10.1 Å². The first-order valence-corrected chi connectivity index (χ1v) is 7.15. The number of pyridine rings is 1. The molecule has 2 unspecified atom stereocenters.